The smallest absolute Gasteiger partial charge is 0.122 e. The molecule has 1 N–H and O–H groups in total. The monoisotopic (exact) mass is 264 g/mol. The fourth-order valence-corrected chi connectivity index (χ4v) is 2.20. The highest BCUT2D eigenvalue weighted by Crippen LogP contribution is 2.22. The van der Waals surface area contributed by atoms with E-state index in [9.17, 15) is 5.26 Å². The fraction of sp³-hybridized carbons (Fsp3) is 0.278. The van der Waals surface area contributed by atoms with Gasteiger partial charge in [-0.1, -0.05) is 48.5 Å². The second-order valence-corrected chi connectivity index (χ2v) is 5.37. The maximum Gasteiger partial charge on any atom is 0.122 e. The Balaban J connectivity index is 2.06. The Bertz CT molecular complexity index is 598. The summed E-state index contributed by atoms with van der Waals surface area (Å²) in [6.07, 6.45) is 1.67. The normalized spacial score (nSPS) is 13.2. The van der Waals surface area contributed by atoms with Crippen LogP contribution in [-0.2, 0) is 6.42 Å². The first kappa shape index (κ1) is 14.1. The van der Waals surface area contributed by atoms with Gasteiger partial charge in [0.2, 0.25) is 0 Å². The van der Waals surface area contributed by atoms with Gasteiger partial charge < -0.3 is 5.32 Å². The number of hydrogen-bond acceptors (Lipinski definition) is 2. The van der Waals surface area contributed by atoms with E-state index in [2.05, 4.69) is 36.5 Å². The quantitative estimate of drug-likeness (QED) is 0.872. The Morgan fingerprint density at radius 2 is 1.70 bits per heavy atom. The summed E-state index contributed by atoms with van der Waals surface area (Å²) in [7, 11) is 0. The van der Waals surface area contributed by atoms with Crippen molar-refractivity contribution in [1.82, 2.24) is 0 Å². The molecule has 2 rings (SSSR count). The first-order chi connectivity index (χ1) is 9.63. The molecule has 0 bridgehead atoms. The van der Waals surface area contributed by atoms with Crippen LogP contribution in [0.15, 0.2) is 54.6 Å². The van der Waals surface area contributed by atoms with Gasteiger partial charge in [0, 0.05) is 5.69 Å². The number of benzene rings is 2. The van der Waals surface area contributed by atoms with E-state index in [1.54, 1.807) is 0 Å². The molecule has 2 heteroatoms. The second kappa shape index (κ2) is 6.25. The predicted molar refractivity (Wildman–Crippen MR) is 83.6 cm³/mol. The molecular formula is C18H20N2. The minimum absolute atomic E-state index is 0.554. The molecule has 20 heavy (non-hydrogen) atoms. The third-order valence-electron chi connectivity index (χ3n) is 3.56. The highest BCUT2D eigenvalue weighted by molar-refractivity contribution is 5.53. The van der Waals surface area contributed by atoms with Gasteiger partial charge in [0.15, 0.2) is 0 Å². The molecule has 1 atom stereocenters. The van der Waals surface area contributed by atoms with Crippen molar-refractivity contribution in [2.24, 2.45) is 0 Å². The fourth-order valence-electron chi connectivity index (χ4n) is 2.20. The summed E-state index contributed by atoms with van der Waals surface area (Å²) in [5.74, 6) is 0. The zero-order valence-corrected chi connectivity index (χ0v) is 12.1. The summed E-state index contributed by atoms with van der Waals surface area (Å²) in [6, 6.07) is 20.8. The molecule has 2 aromatic rings. The van der Waals surface area contributed by atoms with Crippen molar-refractivity contribution in [3.05, 3.63) is 65.7 Å². The summed E-state index contributed by atoms with van der Waals surface area (Å²) in [5, 5.41) is 12.9. The lowest BCUT2D eigenvalue weighted by molar-refractivity contribution is 0.588. The van der Waals surface area contributed by atoms with Crippen molar-refractivity contribution in [3.8, 4) is 6.07 Å². The van der Waals surface area contributed by atoms with Gasteiger partial charge in [-0.15, -0.1) is 0 Å². The molecule has 0 radical (unpaired) electrons. The van der Waals surface area contributed by atoms with Crippen LogP contribution in [0, 0.1) is 18.3 Å². The number of aryl methyl sites for hydroxylation is 2. The lowest BCUT2D eigenvalue weighted by atomic mass is 9.94. The summed E-state index contributed by atoms with van der Waals surface area (Å²) in [6.45, 7) is 4.01. The van der Waals surface area contributed by atoms with Crippen LogP contribution in [0.1, 0.15) is 24.5 Å². The molecule has 0 aromatic heterocycles. The average Bonchev–Trinajstić information content (AvgIpc) is 2.49. The first-order valence-electron chi connectivity index (χ1n) is 6.92. The standard InChI is InChI=1S/C18H20N2/c1-15-8-6-7-11-17(15)20-18(2,14-19)13-12-16-9-4-3-5-10-16/h3-11,20H,12-13H2,1-2H3. The highest BCUT2D eigenvalue weighted by Gasteiger charge is 2.23. The number of para-hydroxylation sites is 1. The van der Waals surface area contributed by atoms with E-state index in [-0.39, 0.29) is 0 Å². The van der Waals surface area contributed by atoms with E-state index in [4.69, 9.17) is 0 Å². The maximum atomic E-state index is 9.50. The number of anilines is 1. The van der Waals surface area contributed by atoms with Crippen LogP contribution in [0.5, 0.6) is 0 Å². The number of nitrogens with zero attached hydrogens (tertiary/aromatic N) is 1. The molecule has 0 saturated carbocycles. The molecule has 0 aliphatic rings. The molecule has 0 aliphatic heterocycles. The van der Waals surface area contributed by atoms with Gasteiger partial charge in [0.1, 0.15) is 5.54 Å². The Morgan fingerprint density at radius 3 is 2.35 bits per heavy atom. The molecule has 0 heterocycles. The average molecular weight is 264 g/mol. The third kappa shape index (κ3) is 3.61. The first-order valence-corrected chi connectivity index (χ1v) is 6.92. The second-order valence-electron chi connectivity index (χ2n) is 5.37. The Hall–Kier alpha value is -2.27. The lowest BCUT2D eigenvalue weighted by Gasteiger charge is -2.25. The molecule has 0 aliphatic carbocycles. The van der Waals surface area contributed by atoms with Crippen LogP contribution in [-0.4, -0.2) is 5.54 Å². The SMILES string of the molecule is Cc1ccccc1NC(C)(C#N)CCc1ccccc1. The van der Waals surface area contributed by atoms with E-state index in [0.717, 1.165) is 24.1 Å². The van der Waals surface area contributed by atoms with E-state index in [0.29, 0.717) is 0 Å². The van der Waals surface area contributed by atoms with Gasteiger partial charge in [0.25, 0.3) is 0 Å². The van der Waals surface area contributed by atoms with Gasteiger partial charge >= 0.3 is 0 Å². The lowest BCUT2D eigenvalue weighted by Crippen LogP contribution is -2.33. The molecular weight excluding hydrogens is 244 g/mol. The number of nitriles is 1. The van der Waals surface area contributed by atoms with Crippen LogP contribution in [0.4, 0.5) is 5.69 Å². The Morgan fingerprint density at radius 1 is 1.05 bits per heavy atom. The van der Waals surface area contributed by atoms with Gasteiger partial charge in [-0.3, -0.25) is 0 Å². The highest BCUT2D eigenvalue weighted by atomic mass is 15.0. The van der Waals surface area contributed by atoms with E-state index in [1.165, 1.54) is 5.56 Å². The van der Waals surface area contributed by atoms with Crippen molar-refractivity contribution in [1.29, 1.82) is 5.26 Å². The van der Waals surface area contributed by atoms with Crippen molar-refractivity contribution >= 4 is 5.69 Å². The van der Waals surface area contributed by atoms with E-state index < -0.39 is 5.54 Å². The minimum atomic E-state index is -0.554. The number of hydrogen-bond donors (Lipinski definition) is 1. The third-order valence-corrected chi connectivity index (χ3v) is 3.56. The predicted octanol–water partition coefficient (Wildman–Crippen LogP) is 4.32. The number of rotatable bonds is 5. The summed E-state index contributed by atoms with van der Waals surface area (Å²) in [5.41, 5.74) is 2.90. The summed E-state index contributed by atoms with van der Waals surface area (Å²) in [4.78, 5) is 0. The van der Waals surface area contributed by atoms with Crippen molar-refractivity contribution < 1.29 is 0 Å². The molecule has 2 nitrogen and oxygen atoms in total. The van der Waals surface area contributed by atoms with Crippen LogP contribution < -0.4 is 5.32 Å². The largest absolute Gasteiger partial charge is 0.367 e. The van der Waals surface area contributed by atoms with Gasteiger partial charge in [-0.25, -0.2) is 0 Å². The van der Waals surface area contributed by atoms with Crippen LogP contribution >= 0.6 is 0 Å². The van der Waals surface area contributed by atoms with Crippen LogP contribution in [0.25, 0.3) is 0 Å². The molecule has 102 valence electrons. The zero-order valence-electron chi connectivity index (χ0n) is 12.1. The van der Waals surface area contributed by atoms with E-state index in [1.807, 2.05) is 43.3 Å². The van der Waals surface area contributed by atoms with Crippen molar-refractivity contribution in [3.63, 3.8) is 0 Å². The van der Waals surface area contributed by atoms with Crippen molar-refractivity contribution in [2.75, 3.05) is 5.32 Å². The topological polar surface area (TPSA) is 35.8 Å². The van der Waals surface area contributed by atoms with Crippen LogP contribution in [0.3, 0.4) is 0 Å². The maximum absolute atomic E-state index is 9.50. The summed E-state index contributed by atoms with van der Waals surface area (Å²) < 4.78 is 0. The van der Waals surface area contributed by atoms with Gasteiger partial charge in [0.05, 0.1) is 6.07 Å². The van der Waals surface area contributed by atoms with Crippen molar-refractivity contribution in [2.45, 2.75) is 32.2 Å². The molecule has 0 spiro atoms. The van der Waals surface area contributed by atoms with Gasteiger partial charge in [-0.05, 0) is 43.9 Å². The zero-order chi connectivity index (χ0) is 14.4. The molecule has 0 amide bonds. The molecule has 1 unspecified atom stereocenters. The Kier molecular flexibility index (Phi) is 4.42. The van der Waals surface area contributed by atoms with Crippen LogP contribution in [0.2, 0.25) is 0 Å². The number of nitrogens with one attached hydrogen (secondary N) is 1. The molecule has 0 fully saturated rings. The summed E-state index contributed by atoms with van der Waals surface area (Å²) >= 11 is 0. The van der Waals surface area contributed by atoms with Gasteiger partial charge in [-0.2, -0.15) is 5.26 Å². The van der Waals surface area contributed by atoms with E-state index >= 15 is 0 Å². The minimum Gasteiger partial charge on any atom is -0.367 e. The molecule has 2 aromatic carbocycles. The Labute approximate surface area is 121 Å². The molecule has 0 saturated heterocycles.